The van der Waals surface area contributed by atoms with E-state index in [0.29, 0.717) is 51.5 Å². The Balaban J connectivity index is 1.39. The molecule has 0 bridgehead atoms. The van der Waals surface area contributed by atoms with Gasteiger partial charge >= 0.3 is 0 Å². The minimum atomic E-state index is -4.14. The first kappa shape index (κ1) is 28.1. The van der Waals surface area contributed by atoms with Crippen molar-refractivity contribution in [3.05, 3.63) is 75.5 Å². The van der Waals surface area contributed by atoms with Gasteiger partial charge in [-0.25, -0.2) is 14.4 Å². The number of thiazole rings is 1. The maximum Gasteiger partial charge on any atom is 0.281 e. The number of phenols is 1. The molecule has 0 unspecified atom stereocenters. The maximum atomic E-state index is 13.8. The molecule has 40 heavy (non-hydrogen) atoms. The SMILES string of the molecule is COc1cccc(CNc2cnc(S(=O)(=O)Nc3nc(-c4ccc(F)c(Cl)c4)c(C4(O)CCC4)s3)c(C)c2)c1O. The average molecular weight is 605 g/mol. The van der Waals surface area contributed by atoms with E-state index in [2.05, 4.69) is 20.0 Å². The number of anilines is 2. The number of nitrogens with zero attached hydrogens (tertiary/aromatic N) is 2. The molecule has 1 aliphatic rings. The molecular weight excluding hydrogens is 579 g/mol. The Kier molecular flexibility index (Phi) is 7.62. The van der Waals surface area contributed by atoms with E-state index in [1.54, 1.807) is 31.2 Å². The maximum absolute atomic E-state index is 13.8. The molecule has 5 rings (SSSR count). The lowest BCUT2D eigenvalue weighted by Gasteiger charge is -2.36. The number of aromatic nitrogens is 2. The van der Waals surface area contributed by atoms with Crippen LogP contribution in [0.3, 0.4) is 0 Å². The van der Waals surface area contributed by atoms with Crippen LogP contribution in [0.1, 0.15) is 35.3 Å². The summed E-state index contributed by atoms with van der Waals surface area (Å²) in [5.74, 6) is -0.228. The van der Waals surface area contributed by atoms with Crippen molar-refractivity contribution in [1.82, 2.24) is 9.97 Å². The van der Waals surface area contributed by atoms with E-state index in [4.69, 9.17) is 16.3 Å². The first-order valence-corrected chi connectivity index (χ1v) is 15.0. The third kappa shape index (κ3) is 5.44. The minimum absolute atomic E-state index is 0.0160. The number of methoxy groups -OCH3 is 1. The number of hydrogen-bond donors (Lipinski definition) is 4. The lowest BCUT2D eigenvalue weighted by Crippen LogP contribution is -2.33. The van der Waals surface area contributed by atoms with E-state index < -0.39 is 21.4 Å². The largest absolute Gasteiger partial charge is 0.504 e. The van der Waals surface area contributed by atoms with Crippen LogP contribution < -0.4 is 14.8 Å². The molecule has 9 nitrogen and oxygen atoms in total. The lowest BCUT2D eigenvalue weighted by atomic mass is 9.78. The monoisotopic (exact) mass is 604 g/mol. The Morgan fingerprint density at radius 2 is 2.00 bits per heavy atom. The number of aliphatic hydroxyl groups is 1. The fourth-order valence-corrected chi connectivity index (χ4v) is 7.14. The highest BCUT2D eigenvalue weighted by Crippen LogP contribution is 2.49. The number of ether oxygens (including phenoxy) is 1. The summed E-state index contributed by atoms with van der Waals surface area (Å²) in [6.45, 7) is 1.88. The van der Waals surface area contributed by atoms with Gasteiger partial charge in [0.05, 0.1) is 34.6 Å². The van der Waals surface area contributed by atoms with Gasteiger partial charge in [-0.05, 0) is 62.1 Å². The molecule has 1 fully saturated rings. The smallest absolute Gasteiger partial charge is 0.281 e. The highest BCUT2D eigenvalue weighted by atomic mass is 35.5. The standard InChI is InChI=1S/C27H26ClFN4O5S2/c1-15-11-18(30-13-17-5-3-6-21(38-2)23(17)34)14-31-25(15)40(36,37)33-26-32-22(16-7-8-20(29)19(28)12-16)24(39-26)27(35)9-4-10-27/h3,5-8,11-12,14,30,34-35H,4,9-10,13H2,1-2H3,(H,32,33). The van der Waals surface area contributed by atoms with Crippen molar-refractivity contribution in [3.8, 4) is 22.8 Å². The summed E-state index contributed by atoms with van der Waals surface area (Å²) >= 11 is 7.00. The van der Waals surface area contributed by atoms with Crippen molar-refractivity contribution in [2.45, 2.75) is 43.4 Å². The number of benzene rings is 2. The van der Waals surface area contributed by atoms with E-state index in [0.717, 1.165) is 17.8 Å². The van der Waals surface area contributed by atoms with Gasteiger partial charge in [0, 0.05) is 17.7 Å². The molecule has 210 valence electrons. The Labute approximate surface area is 239 Å². The summed E-state index contributed by atoms with van der Waals surface area (Å²) in [5, 5.41) is 24.2. The molecule has 2 aromatic heterocycles. The van der Waals surface area contributed by atoms with Crippen LogP contribution >= 0.6 is 22.9 Å². The molecule has 4 N–H and O–H groups in total. The summed E-state index contributed by atoms with van der Waals surface area (Å²) in [6, 6.07) is 10.9. The highest BCUT2D eigenvalue weighted by Gasteiger charge is 2.41. The first-order chi connectivity index (χ1) is 19.0. The van der Waals surface area contributed by atoms with Gasteiger partial charge in [0.2, 0.25) is 0 Å². The molecule has 2 heterocycles. The van der Waals surface area contributed by atoms with E-state index >= 15 is 0 Å². The molecule has 0 saturated heterocycles. The Morgan fingerprint density at radius 3 is 2.65 bits per heavy atom. The van der Waals surface area contributed by atoms with E-state index in [1.165, 1.54) is 31.5 Å². The van der Waals surface area contributed by atoms with Crippen LogP contribution in [0.4, 0.5) is 15.2 Å². The number of para-hydroxylation sites is 1. The van der Waals surface area contributed by atoms with Gasteiger partial charge in [-0.2, -0.15) is 8.42 Å². The zero-order chi connectivity index (χ0) is 28.7. The van der Waals surface area contributed by atoms with Gasteiger partial charge in [-0.3, -0.25) is 4.72 Å². The molecular formula is C27H26ClFN4O5S2. The quantitative estimate of drug-likeness (QED) is 0.188. The number of hydrogen-bond acceptors (Lipinski definition) is 9. The first-order valence-electron chi connectivity index (χ1n) is 12.3. The predicted molar refractivity (Wildman–Crippen MR) is 152 cm³/mol. The zero-order valence-corrected chi connectivity index (χ0v) is 23.9. The van der Waals surface area contributed by atoms with E-state index in [1.807, 2.05) is 0 Å². The van der Waals surface area contributed by atoms with Gasteiger partial charge < -0.3 is 20.3 Å². The second-order valence-electron chi connectivity index (χ2n) is 9.48. The Morgan fingerprint density at radius 1 is 1.23 bits per heavy atom. The van der Waals surface area contributed by atoms with Crippen LogP contribution in [0.15, 0.2) is 53.7 Å². The number of sulfonamides is 1. The molecule has 4 aromatic rings. The van der Waals surface area contributed by atoms with Crippen molar-refractivity contribution in [2.24, 2.45) is 0 Å². The van der Waals surface area contributed by atoms with Crippen LogP contribution in [-0.2, 0) is 22.2 Å². The second-order valence-corrected chi connectivity index (χ2v) is 12.5. The summed E-state index contributed by atoms with van der Waals surface area (Å²) in [5.41, 5.74) is 1.20. The predicted octanol–water partition coefficient (Wildman–Crippen LogP) is 5.80. The second kappa shape index (κ2) is 10.8. The van der Waals surface area contributed by atoms with Crippen LogP contribution in [0.2, 0.25) is 5.02 Å². The van der Waals surface area contributed by atoms with Crippen molar-refractivity contribution in [3.63, 3.8) is 0 Å². The summed E-state index contributed by atoms with van der Waals surface area (Å²) < 4.78 is 48.0. The van der Waals surface area contributed by atoms with Crippen molar-refractivity contribution in [2.75, 3.05) is 17.1 Å². The molecule has 0 atom stereocenters. The Hall–Kier alpha value is -3.45. The van der Waals surface area contributed by atoms with Crippen molar-refractivity contribution >= 4 is 43.8 Å². The zero-order valence-electron chi connectivity index (χ0n) is 21.5. The van der Waals surface area contributed by atoms with Crippen LogP contribution in [0.5, 0.6) is 11.5 Å². The van der Waals surface area contributed by atoms with Crippen molar-refractivity contribution < 1.29 is 27.8 Å². The fraction of sp³-hybridized carbons (Fsp3) is 0.259. The molecule has 1 aliphatic carbocycles. The molecule has 2 aromatic carbocycles. The average Bonchev–Trinajstić information content (AvgIpc) is 3.31. The van der Waals surface area contributed by atoms with Crippen LogP contribution in [-0.4, -0.2) is 35.7 Å². The highest BCUT2D eigenvalue weighted by molar-refractivity contribution is 7.92. The molecule has 1 saturated carbocycles. The third-order valence-electron chi connectivity index (χ3n) is 6.72. The number of halogens is 2. The van der Waals surface area contributed by atoms with Gasteiger partial charge in [-0.1, -0.05) is 35.1 Å². The molecule has 0 amide bonds. The number of nitrogens with one attached hydrogen (secondary N) is 2. The number of pyridine rings is 1. The van der Waals surface area contributed by atoms with Crippen LogP contribution in [0, 0.1) is 12.7 Å². The van der Waals surface area contributed by atoms with E-state index in [-0.39, 0.29) is 27.5 Å². The molecule has 0 radical (unpaired) electrons. The summed E-state index contributed by atoms with van der Waals surface area (Å²) in [4.78, 5) is 9.11. The van der Waals surface area contributed by atoms with Gasteiger partial charge in [0.25, 0.3) is 10.0 Å². The molecule has 0 spiro atoms. The number of aryl methyl sites for hydroxylation is 1. The van der Waals surface area contributed by atoms with Gasteiger partial charge in [-0.15, -0.1) is 0 Å². The third-order valence-corrected chi connectivity index (χ3v) is 9.70. The molecule has 13 heteroatoms. The van der Waals surface area contributed by atoms with E-state index in [9.17, 15) is 23.0 Å². The topological polar surface area (TPSA) is 134 Å². The number of rotatable bonds is 9. The number of aromatic hydroxyl groups is 1. The summed E-state index contributed by atoms with van der Waals surface area (Å²) in [6.07, 6.45) is 3.22. The minimum Gasteiger partial charge on any atom is -0.504 e. The van der Waals surface area contributed by atoms with Crippen molar-refractivity contribution in [1.29, 1.82) is 0 Å². The van der Waals surface area contributed by atoms with Gasteiger partial charge in [0.1, 0.15) is 11.4 Å². The van der Waals surface area contributed by atoms with Gasteiger partial charge in [0.15, 0.2) is 21.7 Å². The fourth-order valence-electron chi connectivity index (χ4n) is 4.43. The Bertz CT molecular complexity index is 1690. The van der Waals surface area contributed by atoms with Crippen LogP contribution in [0.25, 0.3) is 11.3 Å². The normalized spacial score (nSPS) is 14.4. The summed E-state index contributed by atoms with van der Waals surface area (Å²) in [7, 11) is -2.68. The lowest BCUT2D eigenvalue weighted by molar-refractivity contribution is -0.0350. The molecule has 0 aliphatic heterocycles. The number of phenolic OH excluding ortho intramolecular Hbond substituents is 1.